The molecule has 1 radical (unpaired) electrons. The maximum Gasteiger partial charge on any atom is 0.0541 e. The Morgan fingerprint density at radius 3 is 1.36 bits per heavy atom. The van der Waals surface area contributed by atoms with Crippen molar-refractivity contribution in [2.24, 2.45) is 0 Å². The predicted octanol–water partition coefficient (Wildman–Crippen LogP) is 17.0. The van der Waals surface area contributed by atoms with Crippen LogP contribution < -0.4 is 4.90 Å². The summed E-state index contributed by atoms with van der Waals surface area (Å²) in [6.07, 6.45) is 0. The average Bonchev–Trinajstić information content (AvgIpc) is 3.97. The first-order valence-corrected chi connectivity index (χ1v) is 22.9. The van der Waals surface area contributed by atoms with Crippen molar-refractivity contribution in [3.05, 3.63) is 248 Å². The molecule has 2 heterocycles. The van der Waals surface area contributed by atoms with Gasteiger partial charge < -0.3 is 14.0 Å². The van der Waals surface area contributed by atoms with Gasteiger partial charge in [-0.2, -0.15) is 0 Å². The number of nitrogens with zero attached hydrogens (tertiary/aromatic N) is 3. The average molecular weight is 895 g/mol. The van der Waals surface area contributed by atoms with Gasteiger partial charge in [-0.05, 0) is 148 Å². The maximum atomic E-state index is 2.48. The van der Waals surface area contributed by atoms with E-state index in [4.69, 9.17) is 0 Å². The summed E-state index contributed by atoms with van der Waals surface area (Å²) in [4.78, 5) is 2.31. The van der Waals surface area contributed by atoms with E-state index in [1.807, 2.05) is 0 Å². The van der Waals surface area contributed by atoms with Gasteiger partial charge in [-0.25, -0.2) is 0 Å². The molecule has 3 nitrogen and oxygen atoms in total. The molecule has 0 N–H and O–H groups in total. The van der Waals surface area contributed by atoms with Crippen LogP contribution in [-0.2, 0) is 24.0 Å². The molecule has 0 amide bonds. The molecule has 0 saturated heterocycles. The van der Waals surface area contributed by atoms with E-state index in [0.29, 0.717) is 0 Å². The number of aromatic nitrogens is 2. The van der Waals surface area contributed by atoms with E-state index in [0.717, 1.165) is 17.1 Å². The predicted molar refractivity (Wildman–Crippen MR) is 278 cm³/mol. The SMILES string of the molecule is CC1(C)c2ccccc2-c2ccc(-n3c4ccc(-c5ccc(N(c6ccccc6)c6ccccc6)cc5)cc4c4cc(-c5ccc6c(c5)c5ccccc5n6-c5ccccc5)ccc43)cc21.[V]. The second-order valence-corrected chi connectivity index (χ2v) is 18.2. The van der Waals surface area contributed by atoms with Gasteiger partial charge in [0.1, 0.15) is 0 Å². The van der Waals surface area contributed by atoms with Crippen LogP contribution in [0.4, 0.5) is 17.1 Å². The Kier molecular flexibility index (Phi) is 9.69. The van der Waals surface area contributed by atoms with Crippen molar-refractivity contribution in [3.63, 3.8) is 0 Å². The largest absolute Gasteiger partial charge is 0.311 e. The molecule has 0 fully saturated rings. The van der Waals surface area contributed by atoms with Gasteiger partial charge in [-0.1, -0.05) is 147 Å². The molecular weight excluding hydrogens is 850 g/mol. The van der Waals surface area contributed by atoms with Gasteiger partial charge in [0.05, 0.1) is 22.1 Å². The molecule has 0 saturated carbocycles. The van der Waals surface area contributed by atoms with Crippen LogP contribution in [-0.4, -0.2) is 9.13 Å². The van der Waals surface area contributed by atoms with Gasteiger partial charge in [-0.3, -0.25) is 0 Å². The van der Waals surface area contributed by atoms with E-state index in [1.165, 1.54) is 99.5 Å². The number of hydrogen-bond donors (Lipinski definition) is 0. The van der Waals surface area contributed by atoms with Crippen LogP contribution in [0.2, 0.25) is 0 Å². The van der Waals surface area contributed by atoms with Crippen LogP contribution in [0.15, 0.2) is 237 Å². The third kappa shape index (κ3) is 6.49. The molecule has 0 atom stereocenters. The zero-order valence-corrected chi connectivity index (χ0v) is 38.7. The molecule has 0 unspecified atom stereocenters. The molecule has 0 aliphatic heterocycles. The Bertz CT molecular complexity index is 3790. The summed E-state index contributed by atoms with van der Waals surface area (Å²) in [5.41, 5.74) is 20.6. The quantitative estimate of drug-likeness (QED) is 0.155. The van der Waals surface area contributed by atoms with E-state index in [2.05, 4.69) is 264 Å². The Morgan fingerprint density at radius 2 is 0.746 bits per heavy atom. The number of fused-ring (bicyclic) bond motifs is 9. The summed E-state index contributed by atoms with van der Waals surface area (Å²) >= 11 is 0. The molecule has 4 heteroatoms. The van der Waals surface area contributed by atoms with Crippen LogP contribution >= 0.6 is 0 Å². The topological polar surface area (TPSA) is 13.1 Å². The normalized spacial score (nSPS) is 12.6. The van der Waals surface area contributed by atoms with Crippen molar-refractivity contribution in [1.29, 1.82) is 0 Å². The minimum atomic E-state index is -0.105. The molecule has 1 aliphatic rings. The standard InChI is InChI=1S/C63H45N3.V/c1-63(2)57-24-14-12-22-51(57)52-34-33-50(41-58(52)63)66-61-35-28-43(42-26-31-49(32-27-42)64(46-16-6-3-7-17-46)47-18-8-4-9-19-47)38-55(61)56-40-45(30-37-62(56)66)44-29-36-60-54(39-44)53-23-13-15-25-59(53)65(60)48-20-10-5-11-21-48;/h3-41H,1-2H3;. The van der Waals surface area contributed by atoms with Crippen molar-refractivity contribution in [1.82, 2.24) is 9.13 Å². The van der Waals surface area contributed by atoms with Crippen LogP contribution in [0.5, 0.6) is 0 Å². The smallest absolute Gasteiger partial charge is 0.0541 e. The summed E-state index contributed by atoms with van der Waals surface area (Å²) in [5.74, 6) is 0. The monoisotopic (exact) mass is 894 g/mol. The third-order valence-electron chi connectivity index (χ3n) is 14.1. The van der Waals surface area contributed by atoms with Gasteiger partial charge in [0.2, 0.25) is 0 Å². The van der Waals surface area contributed by atoms with E-state index < -0.39 is 0 Å². The van der Waals surface area contributed by atoms with Gasteiger partial charge >= 0.3 is 0 Å². The second kappa shape index (κ2) is 16.0. The van der Waals surface area contributed by atoms with Crippen LogP contribution in [0.1, 0.15) is 25.0 Å². The van der Waals surface area contributed by atoms with Crippen LogP contribution in [0.3, 0.4) is 0 Å². The first kappa shape index (κ1) is 40.7. The fourth-order valence-corrected chi connectivity index (χ4v) is 10.9. The Hall–Kier alpha value is -7.82. The van der Waals surface area contributed by atoms with E-state index in [-0.39, 0.29) is 24.0 Å². The summed E-state index contributed by atoms with van der Waals surface area (Å²) < 4.78 is 4.87. The minimum absolute atomic E-state index is 0. The molecule has 10 aromatic carbocycles. The van der Waals surface area contributed by atoms with E-state index in [1.54, 1.807) is 0 Å². The molecule has 67 heavy (non-hydrogen) atoms. The molecule has 0 spiro atoms. The number of benzene rings is 10. The van der Waals surface area contributed by atoms with Gasteiger partial charge in [0.15, 0.2) is 0 Å². The van der Waals surface area contributed by atoms with Crippen molar-refractivity contribution >= 4 is 60.7 Å². The maximum absolute atomic E-state index is 2.48. The van der Waals surface area contributed by atoms with Gasteiger partial charge in [0.25, 0.3) is 0 Å². The molecule has 2 aromatic heterocycles. The Balaban J connectivity index is 0.00000468. The summed E-state index contributed by atoms with van der Waals surface area (Å²) in [6, 6.07) is 86.8. The minimum Gasteiger partial charge on any atom is -0.311 e. The fourth-order valence-electron chi connectivity index (χ4n) is 10.9. The second-order valence-electron chi connectivity index (χ2n) is 18.2. The van der Waals surface area contributed by atoms with Crippen molar-refractivity contribution in [2.45, 2.75) is 19.3 Å². The molecule has 0 bridgehead atoms. The van der Waals surface area contributed by atoms with Crippen molar-refractivity contribution < 1.29 is 18.6 Å². The summed E-state index contributed by atoms with van der Waals surface area (Å²) in [6.45, 7) is 4.73. The molecule has 317 valence electrons. The third-order valence-corrected chi connectivity index (χ3v) is 14.1. The molecular formula is C63H45N3V. The summed E-state index contributed by atoms with van der Waals surface area (Å²) in [7, 11) is 0. The Labute approximate surface area is 402 Å². The van der Waals surface area contributed by atoms with Crippen molar-refractivity contribution in [3.8, 4) is 44.8 Å². The summed E-state index contributed by atoms with van der Waals surface area (Å²) in [5, 5.41) is 4.97. The Morgan fingerprint density at radius 1 is 0.313 bits per heavy atom. The first-order valence-electron chi connectivity index (χ1n) is 22.9. The number of anilines is 3. The van der Waals surface area contributed by atoms with E-state index in [9.17, 15) is 0 Å². The van der Waals surface area contributed by atoms with Crippen molar-refractivity contribution in [2.75, 3.05) is 4.90 Å². The van der Waals surface area contributed by atoms with Crippen LogP contribution in [0.25, 0.3) is 88.4 Å². The fraction of sp³-hybridized carbons (Fsp3) is 0.0476. The number of hydrogen-bond acceptors (Lipinski definition) is 1. The molecule has 1 aliphatic carbocycles. The molecule has 12 aromatic rings. The number of rotatable bonds is 7. The zero-order valence-electron chi connectivity index (χ0n) is 37.3. The first-order chi connectivity index (χ1) is 32.5. The van der Waals surface area contributed by atoms with Gasteiger partial charge in [0, 0.05) is 74.0 Å². The zero-order chi connectivity index (χ0) is 43.9. The van der Waals surface area contributed by atoms with E-state index >= 15 is 0 Å². The number of para-hydroxylation sites is 4. The molecule has 13 rings (SSSR count). The van der Waals surface area contributed by atoms with Crippen LogP contribution in [0, 0.1) is 0 Å². The van der Waals surface area contributed by atoms with Gasteiger partial charge in [-0.15, -0.1) is 0 Å².